The zero-order chi connectivity index (χ0) is 72.1. The summed E-state index contributed by atoms with van der Waals surface area (Å²) in [5.74, 6) is 0.327. The normalized spacial score (nSPS) is 13.6. The van der Waals surface area contributed by atoms with E-state index >= 15 is 0 Å². The van der Waals surface area contributed by atoms with Crippen molar-refractivity contribution < 1.29 is 8.83 Å². The minimum absolute atomic E-state index is 0.122. The molecule has 4 heterocycles. The Hall–Kier alpha value is -14.3. The summed E-state index contributed by atoms with van der Waals surface area (Å²) in [5.41, 5.74) is 33.6. The number of hydrogen-bond acceptors (Lipinski definition) is 2. The standard InChI is InChI=1S/C54H34O.C52H32N2O/c1-2-10-33(11-3-1)35-18-21-36(22-19-35)53-45-27-25-39(30-47(45)48-32-52-49(31-50(48)53)42-15-8-9-17-51(42)55-52)38-24-26-44-46(29-38)41-14-6-7-16-43(41)54(44)40-23-20-34-12-4-5-13-37(34)28-40;1-2-10-33(11-3-1)35-18-23-39(24-19-35)53-49-27-22-38(30-44(49)45-31-46-42-15-7-9-17-51(42)55-52(46)32-50(45)53)37-21-26-48-43(29-37)41-14-6-8-16-47(41)54(48)40-25-20-34-12-4-5-13-36(34)28-40/h1-32,53-54H;1-32H. The molecular formula is C106H66N2O2. The molecule has 4 aromatic heterocycles. The Balaban J connectivity index is 0.000000132. The van der Waals surface area contributed by atoms with Crippen molar-refractivity contribution >= 4 is 109 Å². The van der Waals surface area contributed by atoms with Crippen LogP contribution < -0.4 is 0 Å². The highest BCUT2D eigenvalue weighted by molar-refractivity contribution is 6.19. The maximum Gasteiger partial charge on any atom is 0.137 e. The first-order valence-electron chi connectivity index (χ1n) is 38.1. The predicted molar refractivity (Wildman–Crippen MR) is 459 cm³/mol. The summed E-state index contributed by atoms with van der Waals surface area (Å²) in [6.07, 6.45) is 0. The van der Waals surface area contributed by atoms with Crippen molar-refractivity contribution in [3.63, 3.8) is 0 Å². The number of fused-ring (bicyclic) bond motifs is 20. The van der Waals surface area contributed by atoms with Crippen LogP contribution >= 0.6 is 0 Å². The molecule has 4 heteroatoms. The summed E-state index contributed by atoms with van der Waals surface area (Å²) in [5, 5.41) is 14.6. The van der Waals surface area contributed by atoms with Crippen molar-refractivity contribution in [2.75, 3.05) is 0 Å². The van der Waals surface area contributed by atoms with Crippen LogP contribution in [-0.4, -0.2) is 9.13 Å². The van der Waals surface area contributed by atoms with Gasteiger partial charge in [0.1, 0.15) is 22.3 Å². The van der Waals surface area contributed by atoms with Gasteiger partial charge in [0.25, 0.3) is 0 Å². The Labute approximate surface area is 634 Å². The van der Waals surface area contributed by atoms with Crippen LogP contribution in [0.15, 0.2) is 397 Å². The van der Waals surface area contributed by atoms with Crippen LogP contribution in [-0.2, 0) is 0 Å². The highest BCUT2D eigenvalue weighted by Gasteiger charge is 2.34. The second-order valence-electron chi connectivity index (χ2n) is 29.7. The fourth-order valence-corrected chi connectivity index (χ4v) is 18.5. The number of furan rings is 2. The zero-order valence-corrected chi connectivity index (χ0v) is 59.8. The van der Waals surface area contributed by atoms with Crippen molar-refractivity contribution in [2.45, 2.75) is 11.8 Å². The van der Waals surface area contributed by atoms with E-state index in [9.17, 15) is 0 Å². The molecule has 2 aliphatic rings. The van der Waals surface area contributed by atoms with Crippen molar-refractivity contribution in [3.05, 3.63) is 422 Å². The number of rotatable bonds is 8. The van der Waals surface area contributed by atoms with Crippen LogP contribution in [0.25, 0.3) is 187 Å². The Kier molecular flexibility index (Phi) is 13.9. The number of benzene rings is 18. The van der Waals surface area contributed by atoms with Gasteiger partial charge in [0.2, 0.25) is 0 Å². The molecule has 0 amide bonds. The minimum Gasteiger partial charge on any atom is -0.456 e. The first-order valence-corrected chi connectivity index (χ1v) is 38.1. The summed E-state index contributed by atoms with van der Waals surface area (Å²) < 4.78 is 17.7. The van der Waals surface area contributed by atoms with Gasteiger partial charge in [-0.2, -0.15) is 0 Å². The molecule has 4 nitrogen and oxygen atoms in total. The molecule has 0 fully saturated rings. The van der Waals surface area contributed by atoms with E-state index in [1.54, 1.807) is 0 Å². The predicted octanol–water partition coefficient (Wildman–Crippen LogP) is 28.7. The Morgan fingerprint density at radius 1 is 0.182 bits per heavy atom. The van der Waals surface area contributed by atoms with Gasteiger partial charge in [-0.25, -0.2) is 0 Å². The van der Waals surface area contributed by atoms with Gasteiger partial charge in [0.05, 0.1) is 22.1 Å². The van der Waals surface area contributed by atoms with Crippen molar-refractivity contribution in [3.8, 4) is 78.1 Å². The van der Waals surface area contributed by atoms with E-state index in [1.807, 2.05) is 6.07 Å². The number of aromatic nitrogens is 2. The quantitative estimate of drug-likeness (QED) is 0.152. The molecule has 18 aromatic carbocycles. The molecule has 0 bridgehead atoms. The van der Waals surface area contributed by atoms with Gasteiger partial charge < -0.3 is 18.0 Å². The van der Waals surface area contributed by atoms with Crippen molar-refractivity contribution in [2.24, 2.45) is 0 Å². The fraction of sp³-hybridized carbons (Fsp3) is 0.0189. The minimum atomic E-state index is 0.122. The Bertz CT molecular complexity index is 7520. The first-order chi connectivity index (χ1) is 54.5. The Morgan fingerprint density at radius 2 is 0.600 bits per heavy atom. The van der Waals surface area contributed by atoms with Crippen LogP contribution in [0.2, 0.25) is 0 Å². The molecule has 0 saturated carbocycles. The van der Waals surface area contributed by atoms with Gasteiger partial charge in [0.15, 0.2) is 0 Å². The van der Waals surface area contributed by atoms with Crippen LogP contribution in [0.3, 0.4) is 0 Å². The van der Waals surface area contributed by atoms with Crippen LogP contribution in [0.1, 0.15) is 45.2 Å². The summed E-state index contributed by atoms with van der Waals surface area (Å²) in [7, 11) is 0. The molecule has 24 rings (SSSR count). The molecule has 0 saturated heterocycles. The van der Waals surface area contributed by atoms with Crippen LogP contribution in [0.5, 0.6) is 0 Å². The molecule has 0 radical (unpaired) electrons. The average Bonchev–Trinajstić information content (AvgIpc) is 1.58. The van der Waals surface area contributed by atoms with E-state index in [0.717, 1.165) is 55.2 Å². The Morgan fingerprint density at radius 3 is 1.26 bits per heavy atom. The van der Waals surface area contributed by atoms with Crippen LogP contribution in [0, 0.1) is 0 Å². The third-order valence-electron chi connectivity index (χ3n) is 23.7. The average molecular weight is 1400 g/mol. The highest BCUT2D eigenvalue weighted by atomic mass is 16.3. The molecular weight excluding hydrogens is 1330 g/mol. The molecule has 110 heavy (non-hydrogen) atoms. The zero-order valence-electron chi connectivity index (χ0n) is 59.8. The van der Waals surface area contributed by atoms with E-state index in [4.69, 9.17) is 8.83 Å². The van der Waals surface area contributed by atoms with E-state index in [2.05, 4.69) is 391 Å². The second kappa shape index (κ2) is 24.6. The lowest BCUT2D eigenvalue weighted by Gasteiger charge is -2.16. The monoisotopic (exact) mass is 1400 g/mol. The largest absolute Gasteiger partial charge is 0.456 e. The number of hydrogen-bond donors (Lipinski definition) is 0. The third kappa shape index (κ3) is 9.86. The number of para-hydroxylation sites is 3. The second-order valence-corrected chi connectivity index (χ2v) is 29.7. The van der Waals surface area contributed by atoms with E-state index in [1.165, 1.54) is 165 Å². The van der Waals surface area contributed by atoms with Crippen LogP contribution in [0.4, 0.5) is 0 Å². The molecule has 22 aromatic rings. The van der Waals surface area contributed by atoms with Crippen molar-refractivity contribution in [1.29, 1.82) is 0 Å². The van der Waals surface area contributed by atoms with E-state index < -0.39 is 0 Å². The summed E-state index contributed by atoms with van der Waals surface area (Å²) in [6.45, 7) is 0. The lowest BCUT2D eigenvalue weighted by atomic mass is 9.87. The molecule has 2 atom stereocenters. The first kappa shape index (κ1) is 61.9. The molecule has 0 N–H and O–H groups in total. The van der Waals surface area contributed by atoms with Crippen molar-refractivity contribution in [1.82, 2.24) is 9.13 Å². The van der Waals surface area contributed by atoms with Gasteiger partial charge in [0, 0.05) is 72.4 Å². The molecule has 2 unspecified atom stereocenters. The lowest BCUT2D eigenvalue weighted by Crippen LogP contribution is -1.99. The summed E-state index contributed by atoms with van der Waals surface area (Å²) in [6, 6.07) is 142. The highest BCUT2D eigenvalue weighted by Crippen LogP contribution is 2.54. The molecule has 0 aliphatic heterocycles. The molecule has 512 valence electrons. The maximum absolute atomic E-state index is 6.47. The topological polar surface area (TPSA) is 36.1 Å². The summed E-state index contributed by atoms with van der Waals surface area (Å²) >= 11 is 0. The van der Waals surface area contributed by atoms with Gasteiger partial charge in [-0.05, 0) is 219 Å². The van der Waals surface area contributed by atoms with Gasteiger partial charge in [-0.3, -0.25) is 0 Å². The summed E-state index contributed by atoms with van der Waals surface area (Å²) in [4.78, 5) is 0. The van der Waals surface area contributed by atoms with Gasteiger partial charge in [-0.15, -0.1) is 0 Å². The number of nitrogens with zero attached hydrogens (tertiary/aromatic N) is 2. The molecule has 0 spiro atoms. The third-order valence-corrected chi connectivity index (χ3v) is 23.7. The maximum atomic E-state index is 6.47. The molecule has 2 aliphatic carbocycles. The smallest absolute Gasteiger partial charge is 0.137 e. The van der Waals surface area contributed by atoms with Gasteiger partial charge >= 0.3 is 0 Å². The van der Waals surface area contributed by atoms with E-state index in [-0.39, 0.29) is 11.8 Å². The SMILES string of the molecule is c1ccc(-c2ccc(-n3c4ccc(-c5ccc6c(c5)c5ccccc5n6-c5ccc6ccccc6c5)cc4c4cc5c(cc43)oc3ccccc35)cc2)cc1.c1ccc(-c2ccc(C3c4ccc(-c5ccc6c(c5)-c5ccccc5C6c5ccc6ccccc6c5)cc4-c4cc5oc6ccccc6c5cc43)cc2)cc1. The lowest BCUT2D eigenvalue weighted by molar-refractivity contribution is 0.668. The van der Waals surface area contributed by atoms with E-state index in [0.29, 0.717) is 0 Å². The fourth-order valence-electron chi connectivity index (χ4n) is 18.5. The van der Waals surface area contributed by atoms with Gasteiger partial charge in [-0.1, -0.05) is 285 Å².